The molecular formula is C29H25NO11. The second-order valence-electron chi connectivity index (χ2n) is 8.96. The van der Waals surface area contributed by atoms with Crippen LogP contribution in [0.15, 0.2) is 84.9 Å². The Balaban J connectivity index is 1.62. The highest BCUT2D eigenvalue weighted by molar-refractivity contribution is 5.91. The molecule has 212 valence electrons. The third-order valence-corrected chi connectivity index (χ3v) is 6.06. The smallest absolute Gasteiger partial charge is 0.338 e. The Kier molecular flexibility index (Phi) is 9.05. The lowest BCUT2D eigenvalue weighted by Gasteiger charge is -2.26. The monoisotopic (exact) mass is 563 g/mol. The minimum absolute atomic E-state index is 0.0156. The number of carbonyl (C=O) groups is 4. The molecule has 0 spiro atoms. The van der Waals surface area contributed by atoms with E-state index in [2.05, 4.69) is 0 Å². The standard InChI is InChI=1S/C29H25NO11/c1-17(37-26(32)21-13-15-22(16-14-21)30(35)36)23-24(39-27(33)19-9-5-3-6-10-19)25(29(41-23)38-18(2)31)40-28(34)20-11-7-4-8-12-20/h3-17,23-25,29H,1-2H3/t17-,23-,24-,25?,29?/m1/s1. The van der Waals surface area contributed by atoms with Gasteiger partial charge in [-0.05, 0) is 43.3 Å². The van der Waals surface area contributed by atoms with Crippen molar-refractivity contribution < 1.29 is 47.8 Å². The van der Waals surface area contributed by atoms with E-state index in [0.717, 1.165) is 19.1 Å². The van der Waals surface area contributed by atoms with Crippen molar-refractivity contribution in [2.45, 2.75) is 44.6 Å². The Hall–Kier alpha value is -5.10. The highest BCUT2D eigenvalue weighted by atomic mass is 16.8. The number of nitrogens with zero attached hydrogens (tertiary/aromatic N) is 1. The van der Waals surface area contributed by atoms with E-state index in [1.807, 2.05) is 0 Å². The summed E-state index contributed by atoms with van der Waals surface area (Å²) in [5.41, 5.74) is 0.171. The second-order valence-corrected chi connectivity index (χ2v) is 8.96. The molecule has 12 nitrogen and oxygen atoms in total. The predicted octanol–water partition coefficient (Wildman–Crippen LogP) is 3.88. The first kappa shape index (κ1) is 28.9. The number of ether oxygens (including phenoxy) is 5. The van der Waals surface area contributed by atoms with Gasteiger partial charge < -0.3 is 23.7 Å². The minimum Gasteiger partial charge on any atom is -0.456 e. The van der Waals surface area contributed by atoms with Gasteiger partial charge in [0.15, 0.2) is 6.10 Å². The van der Waals surface area contributed by atoms with Crippen molar-refractivity contribution in [3.05, 3.63) is 112 Å². The van der Waals surface area contributed by atoms with E-state index in [1.165, 1.54) is 43.3 Å². The van der Waals surface area contributed by atoms with Crippen molar-refractivity contribution in [1.82, 2.24) is 0 Å². The minimum atomic E-state index is -1.50. The normalized spacial score (nSPS) is 20.3. The van der Waals surface area contributed by atoms with Crippen LogP contribution in [0.25, 0.3) is 0 Å². The van der Waals surface area contributed by atoms with Gasteiger partial charge in [0, 0.05) is 19.1 Å². The summed E-state index contributed by atoms with van der Waals surface area (Å²) in [7, 11) is 0. The molecule has 0 saturated carbocycles. The number of hydrogen-bond acceptors (Lipinski definition) is 11. The third-order valence-electron chi connectivity index (χ3n) is 6.06. The van der Waals surface area contributed by atoms with E-state index in [1.54, 1.807) is 36.4 Å². The van der Waals surface area contributed by atoms with Gasteiger partial charge in [0.25, 0.3) is 5.69 Å². The molecule has 3 aromatic rings. The highest BCUT2D eigenvalue weighted by Crippen LogP contribution is 2.32. The van der Waals surface area contributed by atoms with Crippen molar-refractivity contribution >= 4 is 29.6 Å². The summed E-state index contributed by atoms with van der Waals surface area (Å²) < 4.78 is 28.0. The van der Waals surface area contributed by atoms with Gasteiger partial charge in [-0.25, -0.2) is 14.4 Å². The molecule has 1 fully saturated rings. The molecule has 5 atom stereocenters. The van der Waals surface area contributed by atoms with Crippen LogP contribution in [0.5, 0.6) is 0 Å². The van der Waals surface area contributed by atoms with Crippen LogP contribution in [0.1, 0.15) is 44.9 Å². The van der Waals surface area contributed by atoms with E-state index >= 15 is 0 Å². The van der Waals surface area contributed by atoms with Crippen molar-refractivity contribution in [2.24, 2.45) is 0 Å². The van der Waals surface area contributed by atoms with Gasteiger partial charge in [-0.2, -0.15) is 0 Å². The molecule has 2 unspecified atom stereocenters. The molecule has 0 radical (unpaired) electrons. The summed E-state index contributed by atoms with van der Waals surface area (Å²) >= 11 is 0. The van der Waals surface area contributed by atoms with E-state index in [4.69, 9.17) is 23.7 Å². The van der Waals surface area contributed by atoms with E-state index < -0.39 is 59.5 Å². The topological polar surface area (TPSA) is 158 Å². The van der Waals surface area contributed by atoms with Gasteiger partial charge >= 0.3 is 23.9 Å². The Morgan fingerprint density at radius 1 is 0.732 bits per heavy atom. The first-order chi connectivity index (χ1) is 19.6. The Bertz CT molecular complexity index is 1410. The van der Waals surface area contributed by atoms with Gasteiger partial charge in [-0.15, -0.1) is 0 Å². The van der Waals surface area contributed by atoms with Crippen LogP contribution in [0.4, 0.5) is 5.69 Å². The summed E-state index contributed by atoms with van der Waals surface area (Å²) in [5.74, 6) is -3.20. The number of rotatable bonds is 9. The number of nitro benzene ring substituents is 1. The number of carbonyl (C=O) groups excluding carboxylic acids is 4. The maximum Gasteiger partial charge on any atom is 0.338 e. The van der Waals surface area contributed by atoms with Crippen LogP contribution < -0.4 is 0 Å². The van der Waals surface area contributed by atoms with Crippen molar-refractivity contribution in [3.63, 3.8) is 0 Å². The van der Waals surface area contributed by atoms with E-state index in [0.29, 0.717) is 0 Å². The van der Waals surface area contributed by atoms with Crippen molar-refractivity contribution in [2.75, 3.05) is 0 Å². The number of nitro groups is 1. The van der Waals surface area contributed by atoms with Crippen molar-refractivity contribution in [3.8, 4) is 0 Å². The summed E-state index contributed by atoms with van der Waals surface area (Å²) in [6.45, 7) is 2.57. The summed E-state index contributed by atoms with van der Waals surface area (Å²) in [6, 6.07) is 20.7. The molecule has 1 saturated heterocycles. The molecule has 1 heterocycles. The molecule has 3 aromatic carbocycles. The maximum absolute atomic E-state index is 13.0. The number of hydrogen-bond donors (Lipinski definition) is 0. The Morgan fingerprint density at radius 3 is 1.71 bits per heavy atom. The molecular weight excluding hydrogens is 538 g/mol. The number of esters is 4. The molecule has 0 N–H and O–H groups in total. The lowest BCUT2D eigenvalue weighted by Crippen LogP contribution is -2.45. The second kappa shape index (κ2) is 12.8. The molecule has 1 aliphatic heterocycles. The lowest BCUT2D eigenvalue weighted by atomic mass is 10.1. The zero-order chi connectivity index (χ0) is 29.5. The average molecular weight is 564 g/mol. The largest absolute Gasteiger partial charge is 0.456 e. The molecule has 12 heteroatoms. The zero-order valence-electron chi connectivity index (χ0n) is 21.9. The van der Waals surface area contributed by atoms with Crippen LogP contribution in [0.3, 0.4) is 0 Å². The SMILES string of the molecule is CC(=O)OC1O[C@H]([C@@H](C)OC(=O)c2ccc([N+](=O)[O-])cc2)[C@@H](OC(=O)c2ccccc2)C1OC(=O)c1ccccc1. The van der Waals surface area contributed by atoms with Crippen LogP contribution in [-0.2, 0) is 28.5 Å². The van der Waals surface area contributed by atoms with Gasteiger partial charge in [-0.1, -0.05) is 36.4 Å². The summed E-state index contributed by atoms with van der Waals surface area (Å²) in [5, 5.41) is 10.9. The van der Waals surface area contributed by atoms with Crippen LogP contribution in [0, 0.1) is 10.1 Å². The molecule has 0 aliphatic carbocycles. The molecule has 4 rings (SSSR count). The molecule has 41 heavy (non-hydrogen) atoms. The fourth-order valence-corrected chi connectivity index (χ4v) is 4.10. The van der Waals surface area contributed by atoms with Gasteiger partial charge in [0.05, 0.1) is 21.6 Å². The third kappa shape index (κ3) is 7.11. The molecule has 0 bridgehead atoms. The molecule has 1 aliphatic rings. The fourth-order valence-electron chi connectivity index (χ4n) is 4.10. The average Bonchev–Trinajstić information content (AvgIpc) is 3.29. The van der Waals surface area contributed by atoms with Gasteiger partial charge in [0.1, 0.15) is 12.2 Å². The number of benzene rings is 3. The Morgan fingerprint density at radius 2 is 1.22 bits per heavy atom. The summed E-state index contributed by atoms with van der Waals surface area (Å²) in [6.07, 6.45) is -6.68. The quantitative estimate of drug-likeness (QED) is 0.161. The van der Waals surface area contributed by atoms with E-state index in [-0.39, 0.29) is 22.4 Å². The highest BCUT2D eigenvalue weighted by Gasteiger charge is 2.54. The number of non-ortho nitro benzene ring substituents is 1. The first-order valence-electron chi connectivity index (χ1n) is 12.4. The zero-order valence-corrected chi connectivity index (χ0v) is 21.9. The van der Waals surface area contributed by atoms with Crippen molar-refractivity contribution in [1.29, 1.82) is 0 Å². The lowest BCUT2D eigenvalue weighted by molar-refractivity contribution is -0.384. The molecule has 0 aromatic heterocycles. The predicted molar refractivity (Wildman–Crippen MR) is 140 cm³/mol. The Labute approximate surface area is 233 Å². The van der Waals surface area contributed by atoms with Gasteiger partial charge in [0.2, 0.25) is 12.4 Å². The van der Waals surface area contributed by atoms with E-state index in [9.17, 15) is 29.3 Å². The first-order valence-corrected chi connectivity index (χ1v) is 12.4. The maximum atomic E-state index is 13.0. The fraction of sp³-hybridized carbons (Fsp3) is 0.241. The van der Waals surface area contributed by atoms with Crippen LogP contribution in [0.2, 0.25) is 0 Å². The molecule has 0 amide bonds. The van der Waals surface area contributed by atoms with Crippen LogP contribution >= 0.6 is 0 Å². The van der Waals surface area contributed by atoms with Gasteiger partial charge in [-0.3, -0.25) is 14.9 Å². The summed E-state index contributed by atoms with van der Waals surface area (Å²) in [4.78, 5) is 61.0. The van der Waals surface area contributed by atoms with Crippen LogP contribution in [-0.4, -0.2) is 59.5 Å².